The lowest BCUT2D eigenvalue weighted by Crippen LogP contribution is -2.26. The minimum Gasteiger partial charge on any atom is -0.462 e. The quantitative estimate of drug-likeness (QED) is 0.354. The van der Waals surface area contributed by atoms with Crippen LogP contribution in [0, 0.1) is 0 Å². The molecule has 0 amide bonds. The Morgan fingerprint density at radius 1 is 1.09 bits per heavy atom. The van der Waals surface area contributed by atoms with E-state index >= 15 is 0 Å². The summed E-state index contributed by atoms with van der Waals surface area (Å²) < 4.78 is 6.92. The Balaban J connectivity index is 1.60. The maximum Gasteiger partial charge on any atom is 0.343 e. The molecule has 0 unspecified atom stereocenters. The zero-order chi connectivity index (χ0) is 23.9. The maximum atomic E-state index is 12.5. The predicted octanol–water partition coefficient (Wildman–Crippen LogP) is 4.25. The molecule has 2 heterocycles. The Morgan fingerprint density at radius 3 is 2.53 bits per heavy atom. The SMILES string of the molecule is CCCCN(Cc1ccc(-c2ccccc2-c2nn[nH]n2)cc1)c1nn(C)cc1C(=O)OCC. The molecule has 176 valence electrons. The number of ether oxygens (including phenoxy) is 1. The molecule has 4 aromatic rings. The molecule has 0 aliphatic carbocycles. The second kappa shape index (κ2) is 10.7. The third-order valence-corrected chi connectivity index (χ3v) is 5.54. The summed E-state index contributed by atoms with van der Waals surface area (Å²) in [6.45, 7) is 5.72. The molecule has 34 heavy (non-hydrogen) atoms. The molecule has 0 aliphatic heterocycles. The number of carbonyl (C=O) groups excluding carboxylic acids is 1. The predicted molar refractivity (Wildman–Crippen MR) is 130 cm³/mol. The standard InChI is InChI=1S/C25H29N7O2/c1-4-6-15-32(24-22(17-31(3)28-24)25(33)34-5-2)16-18-11-13-19(14-12-18)20-9-7-8-10-21(20)23-26-29-30-27-23/h7-14,17H,4-6,15-16H2,1-3H3,(H,26,27,29,30). The topological polar surface area (TPSA) is 102 Å². The zero-order valence-corrected chi connectivity index (χ0v) is 19.7. The van der Waals surface area contributed by atoms with Crippen molar-refractivity contribution in [3.8, 4) is 22.5 Å². The molecule has 9 nitrogen and oxygen atoms in total. The summed E-state index contributed by atoms with van der Waals surface area (Å²) in [7, 11) is 1.82. The Hall–Kier alpha value is -4.01. The van der Waals surface area contributed by atoms with Gasteiger partial charge in [-0.3, -0.25) is 4.68 Å². The minimum atomic E-state index is -0.347. The number of aromatic amines is 1. The molecule has 0 radical (unpaired) electrons. The van der Waals surface area contributed by atoms with E-state index in [-0.39, 0.29) is 5.97 Å². The molecular weight excluding hydrogens is 430 g/mol. The van der Waals surface area contributed by atoms with Crippen molar-refractivity contribution in [1.29, 1.82) is 0 Å². The van der Waals surface area contributed by atoms with E-state index in [0.717, 1.165) is 41.6 Å². The average molecular weight is 460 g/mol. The Labute approximate surface area is 198 Å². The number of tetrazole rings is 1. The molecule has 0 saturated heterocycles. The van der Waals surface area contributed by atoms with Crippen LogP contribution in [-0.4, -0.2) is 49.5 Å². The lowest BCUT2D eigenvalue weighted by atomic mass is 9.98. The van der Waals surface area contributed by atoms with Crippen molar-refractivity contribution < 1.29 is 9.53 Å². The van der Waals surface area contributed by atoms with Gasteiger partial charge in [0.05, 0.1) is 6.61 Å². The highest BCUT2D eigenvalue weighted by Crippen LogP contribution is 2.30. The van der Waals surface area contributed by atoms with Crippen LogP contribution in [0.15, 0.2) is 54.7 Å². The maximum absolute atomic E-state index is 12.5. The molecule has 0 atom stereocenters. The highest BCUT2D eigenvalue weighted by Gasteiger charge is 2.22. The molecule has 0 saturated carbocycles. The van der Waals surface area contributed by atoms with E-state index in [9.17, 15) is 4.79 Å². The first-order valence-corrected chi connectivity index (χ1v) is 11.5. The van der Waals surface area contributed by atoms with E-state index in [2.05, 4.69) is 61.8 Å². The summed E-state index contributed by atoms with van der Waals surface area (Å²) in [6.07, 6.45) is 3.77. The summed E-state index contributed by atoms with van der Waals surface area (Å²) in [5.41, 5.74) is 4.63. The number of nitrogens with zero attached hydrogens (tertiary/aromatic N) is 6. The number of aromatic nitrogens is 6. The number of H-pyrrole nitrogens is 1. The molecule has 4 rings (SSSR count). The first kappa shape index (κ1) is 23.2. The number of nitrogens with one attached hydrogen (secondary N) is 1. The number of hydrogen-bond donors (Lipinski definition) is 1. The second-order valence-electron chi connectivity index (χ2n) is 8.01. The van der Waals surface area contributed by atoms with Gasteiger partial charge >= 0.3 is 5.97 Å². The fourth-order valence-electron chi connectivity index (χ4n) is 3.89. The number of carbonyl (C=O) groups is 1. The summed E-state index contributed by atoms with van der Waals surface area (Å²) in [6, 6.07) is 16.4. The fraction of sp³-hybridized carbons (Fsp3) is 0.320. The molecule has 1 N–H and O–H groups in total. The zero-order valence-electron chi connectivity index (χ0n) is 19.7. The van der Waals surface area contributed by atoms with Gasteiger partial charge in [-0.25, -0.2) is 4.79 Å². The molecule has 2 aromatic heterocycles. The van der Waals surface area contributed by atoms with Crippen LogP contribution < -0.4 is 4.90 Å². The highest BCUT2D eigenvalue weighted by atomic mass is 16.5. The number of anilines is 1. The lowest BCUT2D eigenvalue weighted by molar-refractivity contribution is 0.0527. The Morgan fingerprint density at radius 2 is 1.85 bits per heavy atom. The lowest BCUT2D eigenvalue weighted by Gasteiger charge is -2.23. The van der Waals surface area contributed by atoms with E-state index < -0.39 is 0 Å². The first-order valence-electron chi connectivity index (χ1n) is 11.5. The Kier molecular flexibility index (Phi) is 7.31. The van der Waals surface area contributed by atoms with Crippen LogP contribution in [0.25, 0.3) is 22.5 Å². The smallest absolute Gasteiger partial charge is 0.343 e. The van der Waals surface area contributed by atoms with Gasteiger partial charge in [0.15, 0.2) is 5.82 Å². The fourth-order valence-corrected chi connectivity index (χ4v) is 3.89. The van der Waals surface area contributed by atoms with Crippen LogP contribution in [0.4, 0.5) is 5.82 Å². The van der Waals surface area contributed by atoms with Crippen LogP contribution in [0.5, 0.6) is 0 Å². The number of hydrogen-bond acceptors (Lipinski definition) is 7. The highest BCUT2D eigenvalue weighted by molar-refractivity contribution is 5.94. The van der Waals surface area contributed by atoms with Crippen molar-refractivity contribution in [1.82, 2.24) is 30.4 Å². The molecule has 2 aromatic carbocycles. The van der Waals surface area contributed by atoms with E-state index in [0.29, 0.717) is 30.4 Å². The van der Waals surface area contributed by atoms with Gasteiger partial charge in [-0.15, -0.1) is 10.2 Å². The van der Waals surface area contributed by atoms with Crippen LogP contribution in [0.3, 0.4) is 0 Å². The van der Waals surface area contributed by atoms with Gasteiger partial charge in [0.1, 0.15) is 5.56 Å². The summed E-state index contributed by atoms with van der Waals surface area (Å²) in [4.78, 5) is 14.7. The molecule has 0 aliphatic rings. The normalized spacial score (nSPS) is 10.9. The largest absolute Gasteiger partial charge is 0.462 e. The van der Waals surface area contributed by atoms with Crippen molar-refractivity contribution in [3.05, 3.63) is 65.9 Å². The van der Waals surface area contributed by atoms with Crippen LogP contribution in [0.2, 0.25) is 0 Å². The van der Waals surface area contributed by atoms with E-state index in [1.807, 2.05) is 31.3 Å². The van der Waals surface area contributed by atoms with E-state index in [4.69, 9.17) is 4.74 Å². The molecule has 0 spiro atoms. The number of rotatable bonds is 10. The van der Waals surface area contributed by atoms with Crippen molar-refractivity contribution in [2.45, 2.75) is 33.2 Å². The van der Waals surface area contributed by atoms with Gasteiger partial charge in [-0.05, 0) is 35.2 Å². The van der Waals surface area contributed by atoms with Gasteiger partial charge in [0.2, 0.25) is 5.82 Å². The molecule has 0 bridgehead atoms. The third-order valence-electron chi connectivity index (χ3n) is 5.54. The first-order chi connectivity index (χ1) is 16.6. The van der Waals surface area contributed by atoms with E-state index in [1.165, 1.54) is 0 Å². The van der Waals surface area contributed by atoms with Crippen molar-refractivity contribution in [3.63, 3.8) is 0 Å². The van der Waals surface area contributed by atoms with E-state index in [1.54, 1.807) is 17.8 Å². The van der Waals surface area contributed by atoms with Gasteiger partial charge in [0, 0.05) is 31.9 Å². The van der Waals surface area contributed by atoms with Gasteiger partial charge in [0.25, 0.3) is 0 Å². The minimum absolute atomic E-state index is 0.328. The van der Waals surface area contributed by atoms with Crippen LogP contribution >= 0.6 is 0 Å². The summed E-state index contributed by atoms with van der Waals surface area (Å²) in [5, 5.41) is 19.0. The van der Waals surface area contributed by atoms with Crippen molar-refractivity contribution in [2.75, 3.05) is 18.1 Å². The molecule has 0 fully saturated rings. The number of esters is 1. The second-order valence-corrected chi connectivity index (χ2v) is 8.01. The average Bonchev–Trinajstić information content (AvgIpc) is 3.52. The molecular formula is C25H29N7O2. The Bertz CT molecular complexity index is 1220. The third kappa shape index (κ3) is 5.14. The van der Waals surface area contributed by atoms with Gasteiger partial charge in [-0.1, -0.05) is 61.9 Å². The summed E-state index contributed by atoms with van der Waals surface area (Å²) in [5.74, 6) is 0.869. The van der Waals surface area contributed by atoms with Crippen molar-refractivity contribution in [2.24, 2.45) is 7.05 Å². The molecule has 9 heteroatoms. The summed E-state index contributed by atoms with van der Waals surface area (Å²) >= 11 is 0. The number of aryl methyl sites for hydroxylation is 1. The van der Waals surface area contributed by atoms with Gasteiger partial charge in [-0.2, -0.15) is 10.3 Å². The number of unbranched alkanes of at least 4 members (excludes halogenated alkanes) is 1. The van der Waals surface area contributed by atoms with Crippen molar-refractivity contribution >= 4 is 11.8 Å². The monoisotopic (exact) mass is 459 g/mol. The van der Waals surface area contributed by atoms with Crippen LogP contribution in [-0.2, 0) is 18.3 Å². The van der Waals surface area contributed by atoms with Gasteiger partial charge < -0.3 is 9.64 Å². The van der Waals surface area contributed by atoms with Crippen LogP contribution in [0.1, 0.15) is 42.6 Å². The number of benzene rings is 2.